The molecule has 1 heterocycles. The summed E-state index contributed by atoms with van der Waals surface area (Å²) in [5.41, 5.74) is 0.0729. The average Bonchev–Trinajstić information content (AvgIpc) is 2.69. The van der Waals surface area contributed by atoms with Crippen molar-refractivity contribution in [1.82, 2.24) is 4.57 Å². The van der Waals surface area contributed by atoms with Crippen LogP contribution in [0.5, 0.6) is 5.75 Å². The van der Waals surface area contributed by atoms with Crippen LogP contribution in [-0.4, -0.2) is 22.8 Å². The van der Waals surface area contributed by atoms with Crippen LogP contribution in [0.4, 0.5) is 4.39 Å². The molecule has 150 valence electrons. The molecule has 29 heavy (non-hydrogen) atoms. The first-order chi connectivity index (χ1) is 13.8. The largest absolute Gasteiger partial charge is 0.497 e. The van der Waals surface area contributed by atoms with Gasteiger partial charge in [-0.05, 0) is 49.7 Å². The lowest BCUT2D eigenvalue weighted by Crippen LogP contribution is -2.25. The Morgan fingerprint density at radius 1 is 1.21 bits per heavy atom. The Morgan fingerprint density at radius 2 is 1.86 bits per heavy atom. The molecule has 2 aromatic carbocycles. The Kier molecular flexibility index (Phi) is 5.75. The zero-order valence-corrected chi connectivity index (χ0v) is 16.9. The summed E-state index contributed by atoms with van der Waals surface area (Å²) in [4.78, 5) is 25.4. The minimum Gasteiger partial charge on any atom is -0.497 e. The van der Waals surface area contributed by atoms with Crippen molar-refractivity contribution in [3.8, 4) is 28.1 Å². The molecule has 3 aromatic rings. The zero-order valence-electron chi connectivity index (χ0n) is 16.1. The van der Waals surface area contributed by atoms with Crippen molar-refractivity contribution in [2.75, 3.05) is 7.11 Å². The zero-order chi connectivity index (χ0) is 21.3. The van der Waals surface area contributed by atoms with Crippen LogP contribution in [0.3, 0.4) is 0 Å². The van der Waals surface area contributed by atoms with Gasteiger partial charge in [-0.1, -0.05) is 23.7 Å². The summed E-state index contributed by atoms with van der Waals surface area (Å²) in [5.74, 6) is -1.65. The highest BCUT2D eigenvalue weighted by Crippen LogP contribution is 2.32. The summed E-state index contributed by atoms with van der Waals surface area (Å²) in [6.45, 7) is 3.88. The maximum atomic E-state index is 14.6. The highest BCUT2D eigenvalue weighted by molar-refractivity contribution is 6.30. The fraction of sp³-hybridized carbons (Fsp3) is 0.182. The molecule has 0 amide bonds. The average molecular weight is 416 g/mol. The number of carboxylic acid groups (broad SMARTS) is 1. The number of ether oxygens (including phenoxy) is 1. The van der Waals surface area contributed by atoms with Gasteiger partial charge in [0.1, 0.15) is 17.1 Å². The number of carbonyl (C=O) groups is 1. The predicted octanol–water partition coefficient (Wildman–Crippen LogP) is 5.01. The Morgan fingerprint density at radius 3 is 2.41 bits per heavy atom. The van der Waals surface area contributed by atoms with Gasteiger partial charge < -0.3 is 14.4 Å². The molecule has 0 spiro atoms. The first kappa shape index (κ1) is 20.6. The Hall–Kier alpha value is -3.12. The second-order valence-corrected chi connectivity index (χ2v) is 6.85. The summed E-state index contributed by atoms with van der Waals surface area (Å²) >= 11 is 5.95. The van der Waals surface area contributed by atoms with Crippen LogP contribution < -0.4 is 10.2 Å². The molecule has 1 aromatic heterocycles. The number of hydrogen-bond acceptors (Lipinski definition) is 3. The first-order valence-corrected chi connectivity index (χ1v) is 9.28. The second kappa shape index (κ2) is 8.09. The van der Waals surface area contributed by atoms with Gasteiger partial charge in [0, 0.05) is 22.8 Å². The smallest absolute Gasteiger partial charge is 0.341 e. The molecule has 0 atom stereocenters. The molecule has 5 nitrogen and oxygen atoms in total. The predicted molar refractivity (Wildman–Crippen MR) is 110 cm³/mol. The molecule has 0 unspecified atom stereocenters. The number of methoxy groups -OCH3 is 1. The molecule has 0 aliphatic carbocycles. The van der Waals surface area contributed by atoms with Gasteiger partial charge >= 0.3 is 5.97 Å². The molecule has 0 saturated heterocycles. The van der Waals surface area contributed by atoms with Crippen molar-refractivity contribution in [3.63, 3.8) is 0 Å². The van der Waals surface area contributed by atoms with E-state index in [-0.39, 0.29) is 16.8 Å². The van der Waals surface area contributed by atoms with Gasteiger partial charge in [0.2, 0.25) is 5.43 Å². The fourth-order valence-electron chi connectivity index (χ4n) is 3.48. The van der Waals surface area contributed by atoms with E-state index >= 15 is 0 Å². The third-order valence-corrected chi connectivity index (χ3v) is 5.07. The number of halogens is 2. The van der Waals surface area contributed by atoms with E-state index in [1.165, 1.54) is 25.3 Å². The Bertz CT molecular complexity index is 1150. The minimum absolute atomic E-state index is 0.000735. The molecule has 0 bridgehead atoms. The normalized spacial score (nSPS) is 10.8. The van der Waals surface area contributed by atoms with Crippen LogP contribution in [0.25, 0.3) is 22.4 Å². The van der Waals surface area contributed by atoms with E-state index in [4.69, 9.17) is 16.3 Å². The monoisotopic (exact) mass is 415 g/mol. The van der Waals surface area contributed by atoms with Crippen molar-refractivity contribution in [1.29, 1.82) is 0 Å². The van der Waals surface area contributed by atoms with Crippen LogP contribution in [-0.2, 0) is 6.54 Å². The Labute approximate surface area is 171 Å². The number of benzene rings is 2. The van der Waals surface area contributed by atoms with Crippen molar-refractivity contribution in [2.24, 2.45) is 0 Å². The number of hydrogen-bond donors (Lipinski definition) is 1. The van der Waals surface area contributed by atoms with Gasteiger partial charge in [-0.3, -0.25) is 4.79 Å². The van der Waals surface area contributed by atoms with E-state index in [1.807, 2.05) is 6.92 Å². The van der Waals surface area contributed by atoms with Gasteiger partial charge in [-0.15, -0.1) is 0 Å². The van der Waals surface area contributed by atoms with Crippen LogP contribution in [0.2, 0.25) is 5.02 Å². The SMILES string of the molecule is CCn1c(C)c(-c2cc(OC)ccc2F)c(=O)c(C(=O)O)c1-c1ccc(Cl)cc1. The molecule has 3 rings (SSSR count). The van der Waals surface area contributed by atoms with E-state index < -0.39 is 22.8 Å². The molecule has 0 radical (unpaired) electrons. The quantitative estimate of drug-likeness (QED) is 0.636. The molecule has 0 saturated carbocycles. The van der Waals surface area contributed by atoms with Gasteiger partial charge in [-0.2, -0.15) is 0 Å². The number of aromatic carboxylic acids is 1. The standard InChI is InChI=1S/C22H19ClFNO4/c1-4-25-12(2)18(16-11-15(29-3)9-10-17(16)24)21(26)19(22(27)28)20(25)13-5-7-14(23)8-6-13/h5-11H,4H2,1-3H3,(H,27,28). The van der Waals surface area contributed by atoms with Crippen molar-refractivity contribution >= 4 is 17.6 Å². The highest BCUT2D eigenvalue weighted by atomic mass is 35.5. The van der Waals surface area contributed by atoms with Crippen molar-refractivity contribution in [2.45, 2.75) is 20.4 Å². The second-order valence-electron chi connectivity index (χ2n) is 6.42. The number of carboxylic acids is 1. The maximum Gasteiger partial charge on any atom is 0.341 e. The van der Waals surface area contributed by atoms with Crippen LogP contribution in [0.1, 0.15) is 23.0 Å². The highest BCUT2D eigenvalue weighted by Gasteiger charge is 2.26. The van der Waals surface area contributed by atoms with E-state index in [0.29, 0.717) is 28.6 Å². The lowest BCUT2D eigenvalue weighted by atomic mass is 9.95. The van der Waals surface area contributed by atoms with E-state index in [2.05, 4.69) is 0 Å². The summed E-state index contributed by atoms with van der Waals surface area (Å²) in [7, 11) is 1.43. The lowest BCUT2D eigenvalue weighted by Gasteiger charge is -2.21. The minimum atomic E-state index is -1.38. The van der Waals surface area contributed by atoms with Crippen LogP contribution >= 0.6 is 11.6 Å². The number of nitrogens with zero attached hydrogens (tertiary/aromatic N) is 1. The third-order valence-electron chi connectivity index (χ3n) is 4.82. The van der Waals surface area contributed by atoms with E-state index in [0.717, 1.165) is 0 Å². The van der Waals surface area contributed by atoms with Crippen molar-refractivity contribution in [3.05, 3.63) is 74.8 Å². The van der Waals surface area contributed by atoms with E-state index in [9.17, 15) is 19.1 Å². The molecule has 0 aliphatic heterocycles. The summed E-state index contributed by atoms with van der Waals surface area (Å²) in [5, 5.41) is 10.3. The number of pyridine rings is 1. The Balaban J connectivity index is 2.46. The van der Waals surface area contributed by atoms with E-state index in [1.54, 1.807) is 35.8 Å². The van der Waals surface area contributed by atoms with Crippen molar-refractivity contribution < 1.29 is 19.0 Å². The molecule has 0 fully saturated rings. The van der Waals surface area contributed by atoms with Gasteiger partial charge in [0.15, 0.2) is 0 Å². The third kappa shape index (κ3) is 3.63. The summed E-state index contributed by atoms with van der Waals surface area (Å²) in [6, 6.07) is 10.6. The lowest BCUT2D eigenvalue weighted by molar-refractivity contribution is 0.0695. The van der Waals surface area contributed by atoms with Gasteiger partial charge in [-0.25, -0.2) is 9.18 Å². The summed E-state index contributed by atoms with van der Waals surface area (Å²) in [6.07, 6.45) is 0. The topological polar surface area (TPSA) is 68.5 Å². The van der Waals surface area contributed by atoms with Crippen LogP contribution in [0, 0.1) is 12.7 Å². The first-order valence-electron chi connectivity index (χ1n) is 8.90. The van der Waals surface area contributed by atoms with Gasteiger partial charge in [0.25, 0.3) is 0 Å². The molecule has 1 N–H and O–H groups in total. The summed E-state index contributed by atoms with van der Waals surface area (Å²) < 4.78 is 21.5. The molecular formula is C22H19ClFNO4. The fourth-order valence-corrected chi connectivity index (χ4v) is 3.60. The number of rotatable bonds is 5. The van der Waals surface area contributed by atoms with Crippen LogP contribution in [0.15, 0.2) is 47.3 Å². The number of aromatic nitrogens is 1. The maximum absolute atomic E-state index is 14.6. The van der Waals surface area contributed by atoms with Gasteiger partial charge in [0.05, 0.1) is 18.4 Å². The molecular weight excluding hydrogens is 397 g/mol. The molecule has 0 aliphatic rings. The molecule has 7 heteroatoms.